The first-order chi connectivity index (χ1) is 3.66. The third-order valence-electron chi connectivity index (χ3n) is 0.637. The Kier molecular flexibility index (Phi) is 3.61. The molecule has 0 amide bonds. The smallest absolute Gasteiger partial charge is 0.0685 e. The number of nitrogens with zero attached hydrogens (tertiary/aromatic N) is 1. The van der Waals surface area contributed by atoms with E-state index in [2.05, 4.69) is 11.6 Å². The zero-order chi connectivity index (χ0) is 6.57. The maximum atomic E-state index is 3.95. The van der Waals surface area contributed by atoms with Crippen molar-refractivity contribution in [3.05, 3.63) is 11.5 Å². The fourth-order valence-corrected chi connectivity index (χ4v) is 0.893. The van der Waals surface area contributed by atoms with E-state index in [-0.39, 0.29) is 0 Å². The number of hydrogen-bond donors (Lipinski definition) is 0. The molecule has 0 radical (unpaired) electrons. The fraction of sp³-hybridized carbons (Fsp3) is 0.500. The van der Waals surface area contributed by atoms with E-state index in [1.165, 1.54) is 0 Å². The SMILES string of the molecule is C=C(C)S/C(C)=N\C. The second kappa shape index (κ2) is 3.72. The molecule has 1 nitrogen and oxygen atoms in total. The molecule has 0 bridgehead atoms. The molecule has 0 atom stereocenters. The zero-order valence-electron chi connectivity index (χ0n) is 5.56. The van der Waals surface area contributed by atoms with Crippen molar-refractivity contribution >= 4 is 16.8 Å². The average Bonchev–Trinajstić information content (AvgIpc) is 1.65. The van der Waals surface area contributed by atoms with Gasteiger partial charge in [-0.2, -0.15) is 0 Å². The monoisotopic (exact) mass is 129 g/mol. The maximum absolute atomic E-state index is 3.95. The van der Waals surface area contributed by atoms with Gasteiger partial charge in [0.2, 0.25) is 0 Å². The standard InChI is InChI=1S/C6H11NS/c1-5(2)8-6(3)7-4/h1H2,2-4H3/b7-6-. The van der Waals surface area contributed by atoms with Crippen LogP contribution in [-0.2, 0) is 0 Å². The third-order valence-corrected chi connectivity index (χ3v) is 1.46. The summed E-state index contributed by atoms with van der Waals surface area (Å²) in [6, 6.07) is 0. The van der Waals surface area contributed by atoms with Gasteiger partial charge < -0.3 is 0 Å². The quantitative estimate of drug-likeness (QED) is 0.391. The number of allylic oxidation sites excluding steroid dienone is 1. The van der Waals surface area contributed by atoms with Crippen molar-refractivity contribution in [3.8, 4) is 0 Å². The van der Waals surface area contributed by atoms with Crippen LogP contribution in [0.15, 0.2) is 16.5 Å². The first kappa shape index (κ1) is 7.76. The molecule has 0 saturated heterocycles. The molecule has 0 aliphatic heterocycles. The van der Waals surface area contributed by atoms with Gasteiger partial charge in [-0.25, -0.2) is 0 Å². The molecule has 0 fully saturated rings. The normalized spacial score (nSPS) is 11.6. The number of rotatable bonds is 1. The van der Waals surface area contributed by atoms with Crippen molar-refractivity contribution in [2.24, 2.45) is 4.99 Å². The van der Waals surface area contributed by atoms with Crippen LogP contribution in [0, 0.1) is 0 Å². The van der Waals surface area contributed by atoms with Crippen molar-refractivity contribution in [1.82, 2.24) is 0 Å². The van der Waals surface area contributed by atoms with Gasteiger partial charge in [0.25, 0.3) is 0 Å². The molecule has 0 heterocycles. The van der Waals surface area contributed by atoms with Crippen LogP contribution in [-0.4, -0.2) is 12.1 Å². The summed E-state index contributed by atoms with van der Waals surface area (Å²) in [4.78, 5) is 5.04. The van der Waals surface area contributed by atoms with E-state index >= 15 is 0 Å². The third kappa shape index (κ3) is 3.93. The van der Waals surface area contributed by atoms with Crippen LogP contribution < -0.4 is 0 Å². The molecule has 0 aliphatic carbocycles. The number of thioether (sulfide) groups is 1. The van der Waals surface area contributed by atoms with Crippen molar-refractivity contribution in [2.45, 2.75) is 13.8 Å². The first-order valence-electron chi connectivity index (χ1n) is 2.43. The van der Waals surface area contributed by atoms with Gasteiger partial charge in [-0.15, -0.1) is 0 Å². The summed E-state index contributed by atoms with van der Waals surface area (Å²) in [5, 5.41) is 1.07. The Bertz CT molecular complexity index is 116. The van der Waals surface area contributed by atoms with Gasteiger partial charge in [0.05, 0.1) is 5.04 Å². The maximum Gasteiger partial charge on any atom is 0.0685 e. The predicted molar refractivity (Wildman–Crippen MR) is 41.4 cm³/mol. The van der Waals surface area contributed by atoms with Gasteiger partial charge in [-0.3, -0.25) is 4.99 Å². The predicted octanol–water partition coefficient (Wildman–Crippen LogP) is 2.30. The van der Waals surface area contributed by atoms with Gasteiger partial charge in [0.15, 0.2) is 0 Å². The Balaban J connectivity index is 3.56. The minimum Gasteiger partial charge on any atom is -0.286 e. The summed E-state index contributed by atoms with van der Waals surface area (Å²) < 4.78 is 0. The highest BCUT2D eigenvalue weighted by Gasteiger charge is 1.87. The lowest BCUT2D eigenvalue weighted by atomic mass is 10.8. The zero-order valence-corrected chi connectivity index (χ0v) is 6.38. The first-order valence-corrected chi connectivity index (χ1v) is 3.25. The van der Waals surface area contributed by atoms with Crippen LogP contribution in [0.25, 0.3) is 0 Å². The topological polar surface area (TPSA) is 12.4 Å². The molecule has 0 aromatic heterocycles. The highest BCUT2D eigenvalue weighted by Crippen LogP contribution is 2.12. The van der Waals surface area contributed by atoms with Crippen molar-refractivity contribution in [2.75, 3.05) is 7.05 Å². The lowest BCUT2D eigenvalue weighted by Crippen LogP contribution is -1.79. The van der Waals surface area contributed by atoms with Crippen LogP contribution in [0.4, 0.5) is 0 Å². The van der Waals surface area contributed by atoms with Crippen LogP contribution >= 0.6 is 11.8 Å². The summed E-state index contributed by atoms with van der Waals surface area (Å²) in [7, 11) is 1.78. The Morgan fingerprint density at radius 1 is 1.50 bits per heavy atom. The second-order valence-electron chi connectivity index (χ2n) is 1.55. The van der Waals surface area contributed by atoms with E-state index < -0.39 is 0 Å². The van der Waals surface area contributed by atoms with Gasteiger partial charge in [-0.1, -0.05) is 18.3 Å². The summed E-state index contributed by atoms with van der Waals surface area (Å²) in [6.45, 7) is 7.67. The molecule has 0 N–H and O–H groups in total. The molecule has 46 valence electrons. The van der Waals surface area contributed by atoms with Crippen molar-refractivity contribution in [1.29, 1.82) is 0 Å². The van der Waals surface area contributed by atoms with E-state index in [4.69, 9.17) is 0 Å². The average molecular weight is 129 g/mol. The van der Waals surface area contributed by atoms with Crippen LogP contribution in [0.2, 0.25) is 0 Å². The summed E-state index contributed by atoms with van der Waals surface area (Å²) in [6.07, 6.45) is 0. The van der Waals surface area contributed by atoms with E-state index in [0.29, 0.717) is 0 Å². The number of aliphatic imine (C=N–C) groups is 1. The fourth-order valence-electron chi connectivity index (χ4n) is 0.298. The van der Waals surface area contributed by atoms with E-state index in [9.17, 15) is 0 Å². The van der Waals surface area contributed by atoms with Crippen molar-refractivity contribution in [3.63, 3.8) is 0 Å². The molecule has 0 spiro atoms. The van der Waals surface area contributed by atoms with E-state index in [0.717, 1.165) is 9.95 Å². The largest absolute Gasteiger partial charge is 0.286 e. The van der Waals surface area contributed by atoms with Gasteiger partial charge in [-0.05, 0) is 18.8 Å². The molecule has 0 aromatic rings. The van der Waals surface area contributed by atoms with Gasteiger partial charge in [0, 0.05) is 7.05 Å². The molecular weight excluding hydrogens is 118 g/mol. The summed E-state index contributed by atoms with van der Waals surface area (Å²) >= 11 is 1.61. The minimum atomic E-state index is 1.07. The van der Waals surface area contributed by atoms with Gasteiger partial charge in [0.1, 0.15) is 0 Å². The Hall–Kier alpha value is -0.240. The molecular formula is C6H11NS. The molecule has 0 rings (SSSR count). The van der Waals surface area contributed by atoms with Gasteiger partial charge >= 0.3 is 0 Å². The van der Waals surface area contributed by atoms with Crippen LogP contribution in [0.1, 0.15) is 13.8 Å². The summed E-state index contributed by atoms with van der Waals surface area (Å²) in [5.74, 6) is 0. The Labute approximate surface area is 54.9 Å². The minimum absolute atomic E-state index is 1.07. The summed E-state index contributed by atoms with van der Waals surface area (Å²) in [5.41, 5.74) is 0. The van der Waals surface area contributed by atoms with E-state index in [1.54, 1.807) is 18.8 Å². The number of hydrogen-bond acceptors (Lipinski definition) is 2. The van der Waals surface area contributed by atoms with Crippen LogP contribution in [0.5, 0.6) is 0 Å². The van der Waals surface area contributed by atoms with Crippen molar-refractivity contribution < 1.29 is 0 Å². The Morgan fingerprint density at radius 2 is 2.00 bits per heavy atom. The lowest BCUT2D eigenvalue weighted by molar-refractivity contribution is 1.45. The molecule has 2 heteroatoms. The highest BCUT2D eigenvalue weighted by molar-refractivity contribution is 8.17. The van der Waals surface area contributed by atoms with Crippen LogP contribution in [0.3, 0.4) is 0 Å². The molecule has 0 unspecified atom stereocenters. The highest BCUT2D eigenvalue weighted by atomic mass is 32.2. The van der Waals surface area contributed by atoms with E-state index in [1.807, 2.05) is 13.8 Å². The molecule has 0 aromatic carbocycles. The second-order valence-corrected chi connectivity index (χ2v) is 3.04. The lowest BCUT2D eigenvalue weighted by Gasteiger charge is -1.93. The Morgan fingerprint density at radius 3 is 2.12 bits per heavy atom. The molecule has 8 heavy (non-hydrogen) atoms. The molecule has 0 saturated carbocycles. The molecule has 0 aliphatic rings.